The van der Waals surface area contributed by atoms with Crippen molar-refractivity contribution in [1.29, 1.82) is 0 Å². The summed E-state index contributed by atoms with van der Waals surface area (Å²) >= 11 is 0. The summed E-state index contributed by atoms with van der Waals surface area (Å²) in [6.07, 6.45) is 3.34. The summed E-state index contributed by atoms with van der Waals surface area (Å²) in [6.45, 7) is 7.43. The van der Waals surface area contributed by atoms with Crippen molar-refractivity contribution in [2.24, 2.45) is 0 Å². The van der Waals surface area contributed by atoms with E-state index in [0.717, 1.165) is 37.6 Å². The van der Waals surface area contributed by atoms with Crippen LogP contribution in [-0.4, -0.2) is 30.2 Å². The van der Waals surface area contributed by atoms with Gasteiger partial charge in [0.25, 0.3) is 0 Å². The van der Waals surface area contributed by atoms with Crippen molar-refractivity contribution in [2.75, 3.05) is 20.8 Å². The van der Waals surface area contributed by atoms with E-state index in [1.807, 2.05) is 6.07 Å². The van der Waals surface area contributed by atoms with E-state index in [0.29, 0.717) is 5.92 Å². The van der Waals surface area contributed by atoms with E-state index in [2.05, 4.69) is 78.0 Å². The summed E-state index contributed by atoms with van der Waals surface area (Å²) in [5.41, 5.74) is 5.29. The van der Waals surface area contributed by atoms with Crippen LogP contribution in [0.1, 0.15) is 54.6 Å². The van der Waals surface area contributed by atoms with Crippen LogP contribution in [0.25, 0.3) is 0 Å². The van der Waals surface area contributed by atoms with Crippen LogP contribution in [0.2, 0.25) is 0 Å². The van der Waals surface area contributed by atoms with Gasteiger partial charge in [0.1, 0.15) is 11.5 Å². The molecule has 4 rings (SSSR count). The Morgan fingerprint density at radius 1 is 0.933 bits per heavy atom. The van der Waals surface area contributed by atoms with Crippen molar-refractivity contribution in [3.05, 3.63) is 83.2 Å². The van der Waals surface area contributed by atoms with E-state index >= 15 is 0 Å². The molecule has 1 aromatic heterocycles. The van der Waals surface area contributed by atoms with E-state index in [1.165, 1.54) is 22.4 Å². The summed E-state index contributed by atoms with van der Waals surface area (Å²) in [6, 6.07) is 20.0. The van der Waals surface area contributed by atoms with Gasteiger partial charge in [-0.2, -0.15) is 0 Å². The smallest absolute Gasteiger partial charge is 0.122 e. The van der Waals surface area contributed by atoms with Crippen LogP contribution in [0, 0.1) is 0 Å². The van der Waals surface area contributed by atoms with E-state index in [4.69, 9.17) is 9.47 Å². The van der Waals surface area contributed by atoms with Crippen LogP contribution in [0.5, 0.6) is 11.5 Å². The Balaban J connectivity index is 1.71. The quantitative estimate of drug-likeness (QED) is 0.533. The second-order valence-corrected chi connectivity index (χ2v) is 8.40. The van der Waals surface area contributed by atoms with Gasteiger partial charge in [-0.1, -0.05) is 38.1 Å². The summed E-state index contributed by atoms with van der Waals surface area (Å²) in [4.78, 5) is 2.58. The van der Waals surface area contributed by atoms with Crippen molar-refractivity contribution in [3.63, 3.8) is 0 Å². The van der Waals surface area contributed by atoms with Crippen molar-refractivity contribution in [2.45, 2.75) is 45.3 Å². The van der Waals surface area contributed by atoms with E-state index < -0.39 is 0 Å². The van der Waals surface area contributed by atoms with E-state index in [1.54, 1.807) is 14.2 Å². The fraction of sp³-hybridized carbons (Fsp3) is 0.385. The number of benzene rings is 2. The van der Waals surface area contributed by atoms with Crippen LogP contribution in [-0.2, 0) is 13.1 Å². The molecule has 1 aliphatic heterocycles. The van der Waals surface area contributed by atoms with Crippen molar-refractivity contribution in [3.8, 4) is 11.5 Å². The number of ether oxygens (including phenoxy) is 2. The molecule has 1 aliphatic rings. The van der Waals surface area contributed by atoms with Gasteiger partial charge in [-0.15, -0.1) is 0 Å². The number of hydrogen-bond donors (Lipinski definition) is 0. The fourth-order valence-electron chi connectivity index (χ4n) is 4.45. The Bertz CT molecular complexity index is 953. The molecule has 0 spiro atoms. The van der Waals surface area contributed by atoms with Crippen molar-refractivity contribution in [1.82, 2.24) is 9.47 Å². The third kappa shape index (κ3) is 4.24. The second-order valence-electron chi connectivity index (χ2n) is 8.40. The molecule has 3 aromatic rings. The molecular formula is C26H32N2O2. The molecule has 2 aromatic carbocycles. The number of rotatable bonds is 6. The molecule has 0 N–H and O–H groups in total. The lowest BCUT2D eigenvalue weighted by molar-refractivity contribution is 0.220. The molecule has 0 amide bonds. The molecule has 0 saturated heterocycles. The van der Waals surface area contributed by atoms with Gasteiger partial charge in [0.15, 0.2) is 0 Å². The zero-order valence-electron chi connectivity index (χ0n) is 18.5. The second kappa shape index (κ2) is 8.97. The number of methoxy groups -OCH3 is 2. The van der Waals surface area contributed by atoms with Gasteiger partial charge in [0.05, 0.1) is 20.3 Å². The lowest BCUT2D eigenvalue weighted by Crippen LogP contribution is -2.29. The minimum Gasteiger partial charge on any atom is -0.497 e. The predicted molar refractivity (Wildman–Crippen MR) is 121 cm³/mol. The zero-order chi connectivity index (χ0) is 21.1. The van der Waals surface area contributed by atoms with Gasteiger partial charge in [-0.25, -0.2) is 0 Å². The van der Waals surface area contributed by atoms with Crippen LogP contribution >= 0.6 is 0 Å². The molecule has 2 heterocycles. The molecule has 0 fully saturated rings. The normalized spacial score (nSPS) is 16.9. The summed E-state index contributed by atoms with van der Waals surface area (Å²) in [7, 11) is 3.41. The van der Waals surface area contributed by atoms with E-state index in [-0.39, 0.29) is 6.04 Å². The minimum absolute atomic E-state index is 0.223. The highest BCUT2D eigenvalue weighted by Crippen LogP contribution is 2.34. The topological polar surface area (TPSA) is 26.6 Å². The standard InChI is InChI=1S/C26H32N2O2/c1-19(2)21-8-10-22(11-9-21)26-25-7-5-12-27(25)13-6-14-28(26)18-20-15-23(29-3)17-24(16-20)30-4/h5,7-12,15-17,19,26H,6,13-14,18H2,1-4H3. The Hall–Kier alpha value is -2.72. The lowest BCUT2D eigenvalue weighted by atomic mass is 9.96. The van der Waals surface area contributed by atoms with Crippen LogP contribution in [0.15, 0.2) is 60.8 Å². The monoisotopic (exact) mass is 404 g/mol. The number of nitrogens with zero attached hydrogens (tertiary/aromatic N) is 2. The van der Waals surface area contributed by atoms with Crippen molar-refractivity contribution >= 4 is 0 Å². The van der Waals surface area contributed by atoms with Gasteiger partial charge >= 0.3 is 0 Å². The Labute approximate surface area is 180 Å². The molecule has 1 unspecified atom stereocenters. The van der Waals surface area contributed by atoms with Crippen molar-refractivity contribution < 1.29 is 9.47 Å². The van der Waals surface area contributed by atoms with Gasteiger partial charge in [0, 0.05) is 37.6 Å². The average Bonchev–Trinajstić information content (AvgIpc) is 3.15. The summed E-state index contributed by atoms with van der Waals surface area (Å²) < 4.78 is 13.4. The first-order chi connectivity index (χ1) is 14.6. The molecule has 0 bridgehead atoms. The molecule has 4 heteroatoms. The molecule has 0 aliphatic carbocycles. The zero-order valence-corrected chi connectivity index (χ0v) is 18.5. The first kappa shape index (κ1) is 20.5. The molecule has 1 atom stereocenters. The average molecular weight is 405 g/mol. The molecule has 0 radical (unpaired) electrons. The van der Waals surface area contributed by atoms with Gasteiger partial charge < -0.3 is 14.0 Å². The number of hydrogen-bond acceptors (Lipinski definition) is 3. The Morgan fingerprint density at radius 2 is 1.63 bits per heavy atom. The summed E-state index contributed by atoms with van der Waals surface area (Å²) in [5, 5.41) is 0. The first-order valence-corrected chi connectivity index (χ1v) is 10.8. The maximum absolute atomic E-state index is 5.50. The minimum atomic E-state index is 0.223. The predicted octanol–water partition coefficient (Wildman–Crippen LogP) is 5.62. The SMILES string of the molecule is COc1cc(CN2CCCn3cccc3C2c2ccc(C(C)C)cc2)cc(OC)c1. The largest absolute Gasteiger partial charge is 0.497 e. The van der Waals surface area contributed by atoms with E-state index in [9.17, 15) is 0 Å². The highest BCUT2D eigenvalue weighted by atomic mass is 16.5. The van der Waals surface area contributed by atoms with Gasteiger partial charge in [0.2, 0.25) is 0 Å². The lowest BCUT2D eigenvalue weighted by Gasteiger charge is -2.31. The highest BCUT2D eigenvalue weighted by Gasteiger charge is 2.27. The third-order valence-electron chi connectivity index (χ3n) is 6.07. The number of aromatic nitrogens is 1. The highest BCUT2D eigenvalue weighted by molar-refractivity contribution is 5.39. The van der Waals surface area contributed by atoms with Crippen LogP contribution < -0.4 is 9.47 Å². The molecule has 4 nitrogen and oxygen atoms in total. The maximum atomic E-state index is 5.50. The van der Waals surface area contributed by atoms with Crippen LogP contribution in [0.4, 0.5) is 0 Å². The number of aryl methyl sites for hydroxylation is 1. The molecule has 30 heavy (non-hydrogen) atoms. The Morgan fingerprint density at radius 3 is 2.27 bits per heavy atom. The number of fused-ring (bicyclic) bond motifs is 1. The Kier molecular flexibility index (Phi) is 6.14. The molecule has 0 saturated carbocycles. The third-order valence-corrected chi connectivity index (χ3v) is 6.07. The maximum Gasteiger partial charge on any atom is 0.122 e. The first-order valence-electron chi connectivity index (χ1n) is 10.8. The van der Waals surface area contributed by atoms with Crippen LogP contribution in [0.3, 0.4) is 0 Å². The summed E-state index contributed by atoms with van der Waals surface area (Å²) in [5.74, 6) is 2.21. The van der Waals surface area contributed by atoms with Gasteiger partial charge in [-0.05, 0) is 53.3 Å². The molecule has 158 valence electrons. The fourth-order valence-corrected chi connectivity index (χ4v) is 4.45. The molecular weight excluding hydrogens is 372 g/mol. The van der Waals surface area contributed by atoms with Gasteiger partial charge in [-0.3, -0.25) is 4.90 Å².